The fraction of sp³-hybridized carbons (Fsp3) is 0.557. The number of benzene rings is 3. The first-order valence-corrected chi connectivity index (χ1v) is 44.1. The van der Waals surface area contributed by atoms with Crippen molar-refractivity contribution in [3.63, 3.8) is 0 Å². The van der Waals surface area contributed by atoms with E-state index >= 15 is 0 Å². The number of amides is 11. The molecule has 12 aliphatic rings. The Morgan fingerprint density at radius 1 is 0.413 bits per heavy atom. The second-order valence-electron chi connectivity index (χ2n) is 36.7. The van der Waals surface area contributed by atoms with E-state index in [2.05, 4.69) is 102 Å². The van der Waals surface area contributed by atoms with Gasteiger partial charge in [0.1, 0.15) is 28.7 Å². The van der Waals surface area contributed by atoms with E-state index in [1.54, 1.807) is 59.0 Å². The van der Waals surface area contributed by atoms with Crippen molar-refractivity contribution in [3.05, 3.63) is 124 Å². The molecule has 9 fully saturated rings. The van der Waals surface area contributed by atoms with Crippen molar-refractivity contribution < 1.29 is 52.6 Å². The van der Waals surface area contributed by atoms with Crippen molar-refractivity contribution >= 4 is 106 Å². The van der Waals surface area contributed by atoms with Gasteiger partial charge in [0, 0.05) is 188 Å². The van der Waals surface area contributed by atoms with E-state index in [0.29, 0.717) is 79.7 Å². The van der Waals surface area contributed by atoms with Crippen LogP contribution >= 0.6 is 0 Å². The fourth-order valence-corrected chi connectivity index (χ4v) is 18.1. The number of Topliss-reactive ketones (excluding diaryl/α,β-unsaturated/α-hetero) is 1. The predicted octanol–water partition coefficient (Wildman–Crippen LogP) is 5.73. The van der Waals surface area contributed by atoms with Crippen molar-refractivity contribution in [2.75, 3.05) is 189 Å². The number of nitrogens with zero attached hydrogens (tertiary/aromatic N) is 19. The zero-order valence-corrected chi connectivity index (χ0v) is 73.9. The molecule has 38 heteroatoms. The number of ketones is 1. The summed E-state index contributed by atoms with van der Waals surface area (Å²) in [5.74, 6) is 1.24. The number of anilines is 9. The Labute approximate surface area is 734 Å². The molecule has 0 saturated carbocycles. The molecule has 0 bridgehead atoms. The maximum absolute atomic E-state index is 12.6. The number of primary amides is 3. The average molecular weight is 1730 g/mol. The number of rotatable bonds is 17. The molecule has 0 aliphatic carbocycles. The van der Waals surface area contributed by atoms with Crippen LogP contribution in [0, 0.1) is 0 Å². The molecule has 15 heterocycles. The van der Waals surface area contributed by atoms with Gasteiger partial charge in [-0.2, -0.15) is 0 Å². The molecule has 12 aliphatic heterocycles. The predicted molar refractivity (Wildman–Crippen MR) is 475 cm³/mol. The lowest BCUT2D eigenvalue weighted by Crippen LogP contribution is -2.62. The summed E-state index contributed by atoms with van der Waals surface area (Å²) in [6.45, 7) is 29.5. The van der Waals surface area contributed by atoms with Crippen molar-refractivity contribution in [2.45, 2.75) is 160 Å². The van der Waals surface area contributed by atoms with Crippen LogP contribution in [-0.4, -0.2) is 333 Å². The largest absolute Gasteiger partial charge is 0.444 e. The molecule has 9 saturated heterocycles. The van der Waals surface area contributed by atoms with Gasteiger partial charge < -0.3 is 102 Å². The summed E-state index contributed by atoms with van der Waals surface area (Å²) in [6, 6.07) is 20.3. The van der Waals surface area contributed by atoms with Gasteiger partial charge in [0.05, 0.1) is 49.8 Å². The van der Waals surface area contributed by atoms with Gasteiger partial charge >= 0.3 is 30.3 Å². The Balaban J connectivity index is 0.000000138. The molecule has 674 valence electrons. The molecule has 38 nitrogen and oxygen atoms in total. The number of hydrogen-bond donors (Lipinski definition) is 8. The van der Waals surface area contributed by atoms with E-state index < -0.39 is 35.0 Å². The van der Waals surface area contributed by atoms with E-state index in [9.17, 15) is 43.2 Å². The lowest BCUT2D eigenvalue weighted by Gasteiger charge is -2.46. The molecule has 0 unspecified atom stereocenters. The van der Waals surface area contributed by atoms with Gasteiger partial charge in [-0.3, -0.25) is 33.9 Å². The monoisotopic (exact) mass is 1730 g/mol. The third-order valence-corrected chi connectivity index (χ3v) is 25.3. The Hall–Kier alpha value is -12.0. The highest BCUT2D eigenvalue weighted by Gasteiger charge is 2.42. The van der Waals surface area contributed by atoms with Crippen molar-refractivity contribution in [2.24, 2.45) is 17.2 Å². The minimum absolute atomic E-state index is 0.0698. The second kappa shape index (κ2) is 38.0. The van der Waals surface area contributed by atoms with Crippen LogP contribution in [0.3, 0.4) is 0 Å². The molecule has 11 N–H and O–H groups in total. The number of carbonyl (C=O) groups excluding carboxylic acids is 9. The smallest absolute Gasteiger partial charge is 0.411 e. The lowest BCUT2D eigenvalue weighted by atomic mass is 9.96. The molecule has 6 aromatic rings. The number of fused-ring (bicyclic) bond motifs is 3. The van der Waals surface area contributed by atoms with Crippen molar-refractivity contribution in [1.82, 2.24) is 89.5 Å². The highest BCUT2D eigenvalue weighted by molar-refractivity contribution is 5.98. The van der Waals surface area contributed by atoms with Crippen LogP contribution < -0.4 is 58.5 Å². The van der Waals surface area contributed by atoms with Crippen molar-refractivity contribution in [1.29, 1.82) is 0 Å². The Morgan fingerprint density at radius 2 is 0.778 bits per heavy atom. The number of piperidine rings is 3. The highest BCUT2D eigenvalue weighted by atomic mass is 16.6. The van der Waals surface area contributed by atoms with Crippen LogP contribution in [0.2, 0.25) is 0 Å². The molecule has 3 aromatic carbocycles. The Kier molecular flexibility index (Phi) is 26.8. The number of nitrogens with two attached hydrogens (primary N) is 3. The second-order valence-corrected chi connectivity index (χ2v) is 36.7. The minimum Gasteiger partial charge on any atom is -0.444 e. The lowest BCUT2D eigenvalue weighted by molar-refractivity contribution is -0.128. The average Bonchev–Trinajstić information content (AvgIpc) is 1.24. The highest BCUT2D eigenvalue weighted by Crippen LogP contribution is 2.35. The van der Waals surface area contributed by atoms with E-state index in [4.69, 9.17) is 41.6 Å². The van der Waals surface area contributed by atoms with Gasteiger partial charge in [0.25, 0.3) is 17.7 Å². The molecule has 3 aromatic heterocycles. The molecule has 3 atom stereocenters. The maximum atomic E-state index is 12.6. The first-order valence-electron chi connectivity index (χ1n) is 44.1. The number of likely N-dealkylation sites (N-methyl/N-ethyl adjacent to an activating group) is 3. The third-order valence-electron chi connectivity index (χ3n) is 25.3. The minimum atomic E-state index is -0.650. The van der Waals surface area contributed by atoms with Crippen LogP contribution in [0.5, 0.6) is 0 Å². The fourth-order valence-electron chi connectivity index (χ4n) is 18.1. The van der Waals surface area contributed by atoms with Crippen LogP contribution in [-0.2, 0) is 53.2 Å². The summed E-state index contributed by atoms with van der Waals surface area (Å²) in [5.41, 5.74) is 26.5. The summed E-state index contributed by atoms with van der Waals surface area (Å²) in [7, 11) is 5.52. The van der Waals surface area contributed by atoms with Crippen LogP contribution in [0.4, 0.5) is 75.9 Å². The van der Waals surface area contributed by atoms with Gasteiger partial charge in [-0.15, -0.1) is 0 Å². The summed E-state index contributed by atoms with van der Waals surface area (Å²) < 4.78 is 10.5. The number of hydrogen-bond acceptors (Lipinski definition) is 27. The van der Waals surface area contributed by atoms with Crippen LogP contribution in [0.15, 0.2) is 73.2 Å². The standard InChI is InChI=1S/C31H43N9O4.C26H35N9O2.C23H30N8O2.C8H13NO3/c1-31(2,3)44-30(43)39-18-24(19-39)37-11-9-20-14-22(8-7-21(20)16-37)34-28-26(27(32)41)33-15-25(35-28)38-10-5-6-23(17-38)40-13-12-36(4)29(40)42;1-32-9-10-35(26(32)37)20-3-2-7-34(16-20)22-14-29-23(24(27)36)25(31-22)30-19-5-4-18-15-33(21-12-28-13-21)8-6-17(18)11-19;1-29-9-10-31(23(29)33)18-3-2-8-30(14-18)19-13-26-20(21(24)32)22(28-19)27-17-5-4-16-12-25-7-6-15(16)11-17;1-8(2,3)12-7(11)9-4-6(10)5-9/h7-8,14-15,23-24H,5-6,9-13,16-19H2,1-4H3,(H2,32,41)(H,34,35);4-5,11,14,20-21,28H,2-3,6-10,12-13,15-16H2,1H3,(H2,27,36)(H,30,31);4-5,11,13,18,25H,2-3,6-10,12,14H2,1H3,(H2,24,32)(H,27,28);4-5H2,1-3H3/t23-;20-;18-;/m111./s1. The van der Waals surface area contributed by atoms with E-state index in [1.807, 2.05) is 74.8 Å². The van der Waals surface area contributed by atoms with E-state index in [-0.39, 0.29) is 78.3 Å². The number of nitrogens with one attached hydrogen (secondary N) is 5. The molecule has 0 spiro atoms. The normalized spacial score (nSPS) is 21.2. The van der Waals surface area contributed by atoms with Gasteiger partial charge in [0.2, 0.25) is 0 Å². The summed E-state index contributed by atoms with van der Waals surface area (Å²) in [4.78, 5) is 161. The molecule has 11 amide bonds. The Morgan fingerprint density at radius 3 is 1.12 bits per heavy atom. The van der Waals surface area contributed by atoms with E-state index in [0.717, 1.165) is 186 Å². The summed E-state index contributed by atoms with van der Waals surface area (Å²) >= 11 is 0. The molecule has 18 rings (SSSR count). The summed E-state index contributed by atoms with van der Waals surface area (Å²) in [6.07, 6.45) is 12.7. The number of aromatic nitrogens is 6. The third kappa shape index (κ3) is 21.0. The number of urea groups is 3. The first-order chi connectivity index (χ1) is 60.3. The van der Waals surface area contributed by atoms with Gasteiger partial charge in [0.15, 0.2) is 40.3 Å². The van der Waals surface area contributed by atoms with Crippen LogP contribution in [0.25, 0.3) is 0 Å². The van der Waals surface area contributed by atoms with Gasteiger partial charge in [-0.1, -0.05) is 18.2 Å². The van der Waals surface area contributed by atoms with Gasteiger partial charge in [-0.05, 0) is 176 Å². The number of ether oxygens (including phenoxy) is 2. The van der Waals surface area contributed by atoms with Crippen LogP contribution in [0.1, 0.15) is 145 Å². The first kappa shape index (κ1) is 88.8. The SMILES string of the molecule is CC(C)(C)OC(=O)N1CC(=O)C1.CN1CCN([C@@H]2CCCN(c3cnc(C(N)=O)c(Nc4ccc5c(c4)CCN(C4CN(C(=O)OC(C)(C)C)C4)C5)n3)C2)C1=O.CN1CCN([C@@H]2CCCN(c3cnc(C(N)=O)c(Nc4ccc5c(c4)CCN(C4CNC4)C5)n3)C2)C1=O.CN1CCN([C@@H]2CCCN(c3cnc(C(N)=O)c(Nc4ccc5c(c4)CCNC5)n3)C2)C1=O. The zero-order valence-electron chi connectivity index (χ0n) is 73.9. The quantitative estimate of drug-likeness (QED) is 0.0540. The van der Waals surface area contributed by atoms with E-state index in [1.165, 1.54) is 38.3 Å². The Bertz CT molecular complexity index is 5070. The molecular formula is C88H121N27O11. The summed E-state index contributed by atoms with van der Waals surface area (Å²) in [5, 5.41) is 16.6. The van der Waals surface area contributed by atoms with Crippen molar-refractivity contribution in [3.8, 4) is 0 Å². The molecular weight excluding hydrogens is 1610 g/mol. The molecule has 0 radical (unpaired) electrons. The molecule has 126 heavy (non-hydrogen) atoms. The zero-order chi connectivity index (χ0) is 89.0. The topological polar surface area (TPSA) is 430 Å². The number of carbonyl (C=O) groups is 9. The maximum Gasteiger partial charge on any atom is 0.411 e. The number of likely N-dealkylation sites (tertiary alicyclic amines) is 2. The van der Waals surface area contributed by atoms with Gasteiger partial charge in [-0.25, -0.2) is 53.9 Å².